The minimum atomic E-state index is -4.73. The average molecular weight is 327 g/mol. The maximum Gasteiger partial charge on any atom is 0.573 e. The Hall–Kier alpha value is -1.47. The highest BCUT2D eigenvalue weighted by Gasteiger charge is 2.31. The minimum Gasteiger partial charge on any atom is -0.406 e. The Morgan fingerprint density at radius 2 is 1.76 bits per heavy atom. The van der Waals surface area contributed by atoms with Crippen molar-refractivity contribution in [1.82, 2.24) is 10.6 Å². The first-order chi connectivity index (χ1) is 9.42. The summed E-state index contributed by atoms with van der Waals surface area (Å²) in [6.07, 6.45) is -3.72. The highest BCUT2D eigenvalue weighted by atomic mass is 35.5. The number of nitrogens with one attached hydrogen (secondary N) is 2. The van der Waals surface area contributed by atoms with Gasteiger partial charge in [-0.05, 0) is 37.2 Å². The highest BCUT2D eigenvalue weighted by Crippen LogP contribution is 2.22. The second-order valence-corrected chi connectivity index (χ2v) is 4.08. The smallest absolute Gasteiger partial charge is 0.406 e. The molecule has 1 aromatic rings. The van der Waals surface area contributed by atoms with Crippen LogP contribution in [0.4, 0.5) is 13.2 Å². The van der Waals surface area contributed by atoms with Crippen molar-refractivity contribution >= 4 is 18.3 Å². The molecule has 0 fully saturated rings. The van der Waals surface area contributed by atoms with Crippen molar-refractivity contribution in [2.24, 2.45) is 0 Å². The van der Waals surface area contributed by atoms with E-state index in [0.717, 1.165) is 25.1 Å². The normalized spacial score (nSPS) is 10.7. The summed E-state index contributed by atoms with van der Waals surface area (Å²) in [4.78, 5) is 11.7. The van der Waals surface area contributed by atoms with E-state index >= 15 is 0 Å². The van der Waals surface area contributed by atoms with Gasteiger partial charge in [-0.1, -0.05) is 6.92 Å². The van der Waals surface area contributed by atoms with Crippen LogP contribution in [0.5, 0.6) is 5.75 Å². The van der Waals surface area contributed by atoms with Crippen LogP contribution >= 0.6 is 12.4 Å². The Morgan fingerprint density at radius 3 is 2.29 bits per heavy atom. The van der Waals surface area contributed by atoms with Crippen molar-refractivity contribution in [3.63, 3.8) is 0 Å². The zero-order valence-electron chi connectivity index (χ0n) is 11.5. The summed E-state index contributed by atoms with van der Waals surface area (Å²) < 4.78 is 39.6. The number of hydrogen-bond donors (Lipinski definition) is 2. The van der Waals surface area contributed by atoms with Gasteiger partial charge in [0.15, 0.2) is 0 Å². The fourth-order valence-corrected chi connectivity index (χ4v) is 1.48. The predicted molar refractivity (Wildman–Crippen MR) is 75.9 cm³/mol. The Labute approximate surface area is 127 Å². The second-order valence-electron chi connectivity index (χ2n) is 4.08. The molecule has 0 aliphatic heterocycles. The molecule has 0 atom stereocenters. The standard InChI is InChI=1S/C13H17F3N2O2.ClH/c1-2-7-17-8-9-18-12(19)10-3-5-11(6-4-10)20-13(14,15)16;/h3-6,17H,2,7-9H2,1H3,(H,18,19);1H. The van der Waals surface area contributed by atoms with Crippen LogP contribution in [-0.2, 0) is 0 Å². The van der Waals surface area contributed by atoms with Crippen LogP contribution in [0.25, 0.3) is 0 Å². The zero-order valence-corrected chi connectivity index (χ0v) is 12.3. The van der Waals surface area contributed by atoms with Gasteiger partial charge < -0.3 is 15.4 Å². The van der Waals surface area contributed by atoms with Crippen LogP contribution in [-0.4, -0.2) is 31.9 Å². The molecule has 120 valence electrons. The molecule has 0 saturated carbocycles. The number of rotatable bonds is 7. The first kappa shape index (κ1) is 19.5. The molecular formula is C13H18ClF3N2O2. The molecule has 0 heterocycles. The molecule has 0 bridgehead atoms. The third-order valence-corrected chi connectivity index (χ3v) is 2.36. The Kier molecular flexibility index (Phi) is 8.80. The van der Waals surface area contributed by atoms with Crippen molar-refractivity contribution in [2.75, 3.05) is 19.6 Å². The molecular weight excluding hydrogens is 309 g/mol. The number of alkyl halides is 3. The molecule has 0 spiro atoms. The monoisotopic (exact) mass is 326 g/mol. The van der Waals surface area contributed by atoms with E-state index in [2.05, 4.69) is 15.4 Å². The summed E-state index contributed by atoms with van der Waals surface area (Å²) in [5.74, 6) is -0.680. The quantitative estimate of drug-likeness (QED) is 0.758. The fraction of sp³-hybridized carbons (Fsp3) is 0.462. The van der Waals surface area contributed by atoms with Crippen molar-refractivity contribution in [3.05, 3.63) is 29.8 Å². The van der Waals surface area contributed by atoms with E-state index in [1.807, 2.05) is 6.92 Å². The molecule has 1 amide bonds. The van der Waals surface area contributed by atoms with Crippen LogP contribution in [0.1, 0.15) is 23.7 Å². The predicted octanol–water partition coefficient (Wildman–Crippen LogP) is 2.74. The van der Waals surface area contributed by atoms with Gasteiger partial charge in [0.25, 0.3) is 5.91 Å². The lowest BCUT2D eigenvalue weighted by Crippen LogP contribution is -2.32. The Bertz CT molecular complexity index is 424. The van der Waals surface area contributed by atoms with Crippen LogP contribution in [0.2, 0.25) is 0 Å². The SMILES string of the molecule is CCCNCCNC(=O)c1ccc(OC(F)(F)F)cc1.Cl. The van der Waals surface area contributed by atoms with E-state index in [4.69, 9.17) is 0 Å². The van der Waals surface area contributed by atoms with Gasteiger partial charge in [0.2, 0.25) is 0 Å². The number of carbonyl (C=O) groups is 1. The fourth-order valence-electron chi connectivity index (χ4n) is 1.48. The van der Waals surface area contributed by atoms with Gasteiger partial charge in [0, 0.05) is 18.7 Å². The molecule has 0 aliphatic rings. The van der Waals surface area contributed by atoms with Crippen LogP contribution in [0.15, 0.2) is 24.3 Å². The lowest BCUT2D eigenvalue weighted by Gasteiger charge is -2.09. The summed E-state index contributed by atoms with van der Waals surface area (Å²) in [5.41, 5.74) is 0.287. The zero-order chi connectivity index (χ0) is 15.0. The maximum atomic E-state index is 12.0. The largest absolute Gasteiger partial charge is 0.573 e. The first-order valence-corrected chi connectivity index (χ1v) is 6.27. The molecule has 1 rings (SSSR count). The number of ether oxygens (including phenoxy) is 1. The lowest BCUT2D eigenvalue weighted by atomic mass is 10.2. The number of amides is 1. The van der Waals surface area contributed by atoms with Crippen LogP contribution in [0.3, 0.4) is 0 Å². The topological polar surface area (TPSA) is 50.4 Å². The molecule has 0 radical (unpaired) electrons. The number of benzene rings is 1. The molecule has 8 heteroatoms. The third kappa shape index (κ3) is 8.41. The van der Waals surface area contributed by atoms with Gasteiger partial charge >= 0.3 is 6.36 Å². The van der Waals surface area contributed by atoms with Crippen molar-refractivity contribution in [3.8, 4) is 5.75 Å². The third-order valence-electron chi connectivity index (χ3n) is 2.36. The second kappa shape index (κ2) is 9.46. The highest BCUT2D eigenvalue weighted by molar-refractivity contribution is 5.94. The average Bonchev–Trinajstić information content (AvgIpc) is 2.37. The summed E-state index contributed by atoms with van der Waals surface area (Å²) in [6.45, 7) is 4.02. The lowest BCUT2D eigenvalue weighted by molar-refractivity contribution is -0.274. The van der Waals surface area contributed by atoms with E-state index in [0.29, 0.717) is 13.1 Å². The van der Waals surface area contributed by atoms with Gasteiger partial charge in [0.1, 0.15) is 5.75 Å². The van der Waals surface area contributed by atoms with E-state index in [-0.39, 0.29) is 29.6 Å². The van der Waals surface area contributed by atoms with Crippen LogP contribution < -0.4 is 15.4 Å². The molecule has 0 aromatic heterocycles. The molecule has 0 unspecified atom stereocenters. The van der Waals surface area contributed by atoms with E-state index in [9.17, 15) is 18.0 Å². The minimum absolute atomic E-state index is 0. The van der Waals surface area contributed by atoms with Gasteiger partial charge in [-0.3, -0.25) is 4.79 Å². The summed E-state index contributed by atoms with van der Waals surface area (Å²) in [5, 5.41) is 5.78. The Balaban J connectivity index is 0.00000400. The van der Waals surface area contributed by atoms with Gasteiger partial charge in [0.05, 0.1) is 0 Å². The Morgan fingerprint density at radius 1 is 1.14 bits per heavy atom. The van der Waals surface area contributed by atoms with Gasteiger partial charge in [-0.25, -0.2) is 0 Å². The molecule has 0 saturated heterocycles. The number of carbonyl (C=O) groups excluding carboxylic acids is 1. The first-order valence-electron chi connectivity index (χ1n) is 6.27. The molecule has 21 heavy (non-hydrogen) atoms. The molecule has 1 aromatic carbocycles. The van der Waals surface area contributed by atoms with Crippen molar-refractivity contribution in [1.29, 1.82) is 0 Å². The number of hydrogen-bond acceptors (Lipinski definition) is 3. The molecule has 4 nitrogen and oxygen atoms in total. The van der Waals surface area contributed by atoms with Crippen molar-refractivity contribution < 1.29 is 22.7 Å². The van der Waals surface area contributed by atoms with Gasteiger partial charge in [-0.15, -0.1) is 25.6 Å². The molecule has 0 aliphatic carbocycles. The van der Waals surface area contributed by atoms with Crippen molar-refractivity contribution in [2.45, 2.75) is 19.7 Å². The van der Waals surface area contributed by atoms with E-state index in [1.54, 1.807) is 0 Å². The van der Waals surface area contributed by atoms with E-state index in [1.165, 1.54) is 12.1 Å². The summed E-state index contributed by atoms with van der Waals surface area (Å²) >= 11 is 0. The summed E-state index contributed by atoms with van der Waals surface area (Å²) in [6, 6.07) is 4.79. The maximum absolute atomic E-state index is 12.0. The summed E-state index contributed by atoms with van der Waals surface area (Å²) in [7, 11) is 0. The van der Waals surface area contributed by atoms with E-state index < -0.39 is 6.36 Å². The molecule has 2 N–H and O–H groups in total. The number of halogens is 4. The van der Waals surface area contributed by atoms with Gasteiger partial charge in [-0.2, -0.15) is 0 Å². The van der Waals surface area contributed by atoms with Crippen LogP contribution in [0, 0.1) is 0 Å².